The van der Waals surface area contributed by atoms with Crippen molar-refractivity contribution in [3.63, 3.8) is 0 Å². The minimum absolute atomic E-state index is 0.737. The van der Waals surface area contributed by atoms with Crippen LogP contribution in [0, 0.1) is 47.1 Å². The number of hydrogen-bond donors (Lipinski definition) is 0. The molecule has 0 aromatic heterocycles. The summed E-state index contributed by atoms with van der Waals surface area (Å²) >= 11 is -5.25. The molecule has 0 atom stereocenters. The van der Waals surface area contributed by atoms with Crippen molar-refractivity contribution in [3.05, 3.63) is 148 Å². The van der Waals surface area contributed by atoms with Crippen LogP contribution in [0.3, 0.4) is 0 Å². The molecule has 4 rings (SSSR count). The Morgan fingerprint density at radius 2 is 0.881 bits per heavy atom. The molecule has 0 saturated heterocycles. The molecule has 4 aromatic carbocycles. The number of methoxy groups -OCH3 is 2. The summed E-state index contributed by atoms with van der Waals surface area (Å²) in [6, 6.07) is 32.6. The molecule has 216 valence electrons. The minimum atomic E-state index is -2.62. The number of halogens is 2. The van der Waals surface area contributed by atoms with E-state index in [1.54, 1.807) is 87.0 Å². The number of rotatable bonds is 8. The Labute approximate surface area is 258 Å². The molecule has 0 saturated carbocycles. The monoisotopic (exact) mass is 794 g/mol. The van der Waals surface area contributed by atoms with Crippen molar-refractivity contribution >= 4 is 40.5 Å². The Kier molecular flexibility index (Phi) is 13.2. The molecule has 0 aliphatic carbocycles. The van der Waals surface area contributed by atoms with Gasteiger partial charge in [-0.3, -0.25) is 0 Å². The predicted molar refractivity (Wildman–Crippen MR) is 174 cm³/mol. The van der Waals surface area contributed by atoms with E-state index < -0.39 is 50.6 Å². The van der Waals surface area contributed by atoms with Gasteiger partial charge in [-0.25, -0.2) is 0 Å². The fourth-order valence-electron chi connectivity index (χ4n) is 2.94. The summed E-state index contributed by atoms with van der Waals surface area (Å²) in [6.45, 7) is 0. The molecule has 0 amide bonds. The van der Waals surface area contributed by atoms with Crippen molar-refractivity contribution in [2.24, 2.45) is 0 Å². The van der Waals surface area contributed by atoms with E-state index in [-0.39, 0.29) is 0 Å². The molecule has 4 aromatic rings. The van der Waals surface area contributed by atoms with Gasteiger partial charge in [-0.15, -0.1) is 0 Å². The molecule has 0 bridgehead atoms. The van der Waals surface area contributed by atoms with E-state index in [2.05, 4.69) is 19.7 Å². The van der Waals surface area contributed by atoms with Gasteiger partial charge in [0.1, 0.15) is 0 Å². The first-order chi connectivity index (χ1) is 20.4. The van der Waals surface area contributed by atoms with Gasteiger partial charge in [0.25, 0.3) is 0 Å². The molecule has 0 spiro atoms. The van der Waals surface area contributed by atoms with Crippen molar-refractivity contribution in [1.82, 2.24) is 0 Å². The van der Waals surface area contributed by atoms with Crippen molar-refractivity contribution in [1.29, 1.82) is 0 Å². The maximum atomic E-state index is 10.6. The average Bonchev–Trinajstić information content (AvgIpc) is 3.02. The first-order valence-corrected chi connectivity index (χ1v) is 17.9. The summed E-state index contributed by atoms with van der Waals surface area (Å²) in [5, 5.41) is 19.7. The zero-order valence-corrected chi connectivity index (χ0v) is 26.6. The summed E-state index contributed by atoms with van der Waals surface area (Å²) in [7, 11) is 3.18. The van der Waals surface area contributed by atoms with Crippen LogP contribution in [-0.2, 0) is 6.33 Å². The fraction of sp³-hybridized carbons (Fsp3) is 0.0667. The summed E-state index contributed by atoms with van der Waals surface area (Å²) < 4.78 is 27.1. The van der Waals surface area contributed by atoms with Crippen molar-refractivity contribution in [2.75, 3.05) is 14.2 Å². The fourth-order valence-corrected chi connectivity index (χ4v) is 8.11. The van der Waals surface area contributed by atoms with Gasteiger partial charge in [0.05, 0.1) is 0 Å². The van der Waals surface area contributed by atoms with E-state index in [9.17, 15) is 20.2 Å². The van der Waals surface area contributed by atoms with Crippen molar-refractivity contribution in [2.45, 2.75) is 0 Å². The van der Waals surface area contributed by atoms with Crippen LogP contribution in [0.5, 0.6) is 11.5 Å². The summed E-state index contributed by atoms with van der Waals surface area (Å²) in [5.41, 5.74) is 1.53. The molecule has 0 unspecified atom stereocenters. The molecule has 12 heteroatoms. The third kappa shape index (κ3) is 11.1. The van der Waals surface area contributed by atoms with E-state index in [0.717, 1.165) is 29.8 Å². The molecular weight excluding hydrogens is 770 g/mol. The molecule has 0 fully saturated rings. The zero-order chi connectivity index (χ0) is 30.2. The van der Waals surface area contributed by atoms with Gasteiger partial charge in [0.2, 0.25) is 0 Å². The van der Waals surface area contributed by atoms with Crippen LogP contribution < -0.4 is 9.47 Å². The molecule has 42 heavy (non-hydrogen) atoms. The standard InChI is InChI=1S/2C15H12INO4/c2*1-20-15-9-7-13(8-10-15)11-12-16(21-17(18)19)14-5-3-2-4-6-14/h2*2-10H,1H3. The van der Waals surface area contributed by atoms with Crippen LogP contribution in [0.15, 0.2) is 109 Å². The Bertz CT molecular complexity index is 1440. The van der Waals surface area contributed by atoms with Gasteiger partial charge in [0.15, 0.2) is 0 Å². The molecule has 0 radical (unpaired) electrons. The normalized spacial score (nSPS) is 10.0. The van der Waals surface area contributed by atoms with Gasteiger partial charge in [0, 0.05) is 0 Å². The zero-order valence-electron chi connectivity index (χ0n) is 22.3. The second-order valence-corrected chi connectivity index (χ2v) is 14.8. The average molecular weight is 794 g/mol. The quantitative estimate of drug-likeness (QED) is 0.0809. The number of hydrogen-bond acceptors (Lipinski definition) is 8. The Balaban J connectivity index is 0.000000230. The van der Waals surface area contributed by atoms with Gasteiger partial charge in [-0.05, 0) is 0 Å². The molecule has 0 aliphatic rings. The van der Waals surface area contributed by atoms with Crippen LogP contribution in [0.1, 0.15) is 11.1 Å². The first-order valence-electron chi connectivity index (χ1n) is 11.8. The van der Waals surface area contributed by atoms with Crippen LogP contribution in [0.4, 0.5) is 0 Å². The summed E-state index contributed by atoms with van der Waals surface area (Å²) in [4.78, 5) is 21.2. The molecule has 0 aliphatic heterocycles. The predicted octanol–water partition coefficient (Wildman–Crippen LogP) is 7.01. The Hall–Kier alpha value is -4.54. The number of nitrogens with zero attached hydrogens (tertiary/aromatic N) is 2. The maximum absolute atomic E-state index is 10.6. The Morgan fingerprint density at radius 3 is 1.17 bits per heavy atom. The van der Waals surface area contributed by atoms with Crippen molar-refractivity contribution < 1.29 is 26.0 Å². The van der Waals surface area contributed by atoms with Gasteiger partial charge in [-0.1, -0.05) is 0 Å². The van der Waals surface area contributed by atoms with Gasteiger partial charge < -0.3 is 0 Å². The molecule has 0 N–H and O–H groups in total. The number of ether oxygens (including phenoxy) is 2. The van der Waals surface area contributed by atoms with Gasteiger partial charge in [-0.2, -0.15) is 0 Å². The second-order valence-electron chi connectivity index (χ2n) is 7.57. The third-order valence-electron chi connectivity index (χ3n) is 4.85. The van der Waals surface area contributed by atoms with E-state index in [1.165, 1.54) is 0 Å². The van der Waals surface area contributed by atoms with E-state index in [0.29, 0.717) is 0 Å². The topological polar surface area (TPSA) is 123 Å². The molecular formula is C30H24I2N2O8. The number of benzene rings is 4. The van der Waals surface area contributed by atoms with Crippen LogP contribution >= 0.6 is 40.5 Å². The van der Waals surface area contributed by atoms with E-state index >= 15 is 0 Å². The molecule has 10 nitrogen and oxygen atoms in total. The Morgan fingerprint density at radius 1 is 0.548 bits per heavy atom. The van der Waals surface area contributed by atoms with E-state index in [1.807, 2.05) is 36.4 Å². The second kappa shape index (κ2) is 17.3. The summed E-state index contributed by atoms with van der Waals surface area (Å²) in [6.07, 6.45) is 0. The first kappa shape index (κ1) is 32.0. The van der Waals surface area contributed by atoms with Crippen LogP contribution in [-0.4, -0.2) is 24.4 Å². The SMILES string of the molecule is COc1ccc(C#CI(O[N+](=O)[O-])c2ccccc2)cc1.COc1ccc(C#CI(O[N+](=O)[O-])c2ccccc2)cc1. The van der Waals surface area contributed by atoms with E-state index in [4.69, 9.17) is 15.8 Å². The van der Waals surface area contributed by atoms with Crippen LogP contribution in [0.25, 0.3) is 0 Å². The van der Waals surface area contributed by atoms with Crippen molar-refractivity contribution in [3.8, 4) is 31.2 Å². The third-order valence-corrected chi connectivity index (χ3v) is 11.5. The van der Waals surface area contributed by atoms with Crippen LogP contribution in [0.2, 0.25) is 0 Å². The summed E-state index contributed by atoms with van der Waals surface area (Å²) in [5.74, 6) is 7.34. The molecule has 0 heterocycles. The van der Waals surface area contributed by atoms with Gasteiger partial charge >= 0.3 is 260 Å².